The van der Waals surface area contributed by atoms with E-state index < -0.39 is 0 Å². The van der Waals surface area contributed by atoms with Crippen LogP contribution in [-0.2, 0) is 11.3 Å². The van der Waals surface area contributed by atoms with E-state index in [9.17, 15) is 0 Å². The Bertz CT molecular complexity index is 600. The monoisotopic (exact) mass is 282 g/mol. The van der Waals surface area contributed by atoms with Crippen molar-refractivity contribution in [2.24, 2.45) is 0 Å². The maximum absolute atomic E-state index is 6.03. The van der Waals surface area contributed by atoms with Crippen LogP contribution < -0.4 is 4.90 Å². The second-order valence-electron chi connectivity index (χ2n) is 4.51. The summed E-state index contributed by atoms with van der Waals surface area (Å²) in [7, 11) is 0. The summed E-state index contributed by atoms with van der Waals surface area (Å²) in [5.74, 6) is 0.741. The summed E-state index contributed by atoms with van der Waals surface area (Å²) >= 11 is 6.03. The van der Waals surface area contributed by atoms with Crippen molar-refractivity contribution in [3.8, 4) is 0 Å². The highest BCUT2D eigenvalue weighted by molar-refractivity contribution is 6.28. The van der Waals surface area contributed by atoms with E-state index in [4.69, 9.17) is 16.3 Å². The second-order valence-corrected chi connectivity index (χ2v) is 4.85. The van der Waals surface area contributed by atoms with E-state index in [1.54, 1.807) is 4.68 Å². The summed E-state index contributed by atoms with van der Waals surface area (Å²) in [6, 6.07) is 0.231. The predicted octanol–water partition coefficient (Wildman–Crippen LogP) is 1.12. The Kier molecular flexibility index (Phi) is 3.24. The highest BCUT2D eigenvalue weighted by Gasteiger charge is 2.25. The Morgan fingerprint density at radius 1 is 1.42 bits per heavy atom. The molecule has 102 valence electrons. The van der Waals surface area contributed by atoms with Crippen molar-refractivity contribution in [3.63, 3.8) is 0 Å². The molecule has 8 heteroatoms. The summed E-state index contributed by atoms with van der Waals surface area (Å²) in [5.41, 5.74) is 1.37. The van der Waals surface area contributed by atoms with Crippen LogP contribution in [0.25, 0.3) is 11.2 Å². The van der Waals surface area contributed by atoms with Gasteiger partial charge in [-0.05, 0) is 25.4 Å². The molecule has 2 aromatic rings. The zero-order valence-corrected chi connectivity index (χ0v) is 11.6. The number of nitrogens with zero attached hydrogens (tertiary/aromatic N) is 6. The number of hydrogen-bond donors (Lipinski definition) is 0. The van der Waals surface area contributed by atoms with Crippen LogP contribution >= 0.6 is 11.6 Å². The van der Waals surface area contributed by atoms with E-state index in [-0.39, 0.29) is 11.3 Å². The summed E-state index contributed by atoms with van der Waals surface area (Å²) in [5, 5.41) is 8.49. The summed E-state index contributed by atoms with van der Waals surface area (Å²) in [6.07, 6.45) is 0. The molecule has 0 bridgehead atoms. The maximum atomic E-state index is 6.03. The number of hydrogen-bond acceptors (Lipinski definition) is 6. The first-order valence-corrected chi connectivity index (χ1v) is 6.69. The third-order valence-electron chi connectivity index (χ3n) is 3.26. The van der Waals surface area contributed by atoms with Crippen LogP contribution in [0.3, 0.4) is 0 Å². The molecule has 0 N–H and O–H groups in total. The molecule has 2 aromatic heterocycles. The summed E-state index contributed by atoms with van der Waals surface area (Å²) < 4.78 is 7.16. The lowest BCUT2D eigenvalue weighted by molar-refractivity contribution is 0.0986. The molecule has 7 nitrogen and oxygen atoms in total. The third-order valence-corrected chi connectivity index (χ3v) is 3.43. The normalized spacial score (nSPS) is 20.2. The van der Waals surface area contributed by atoms with E-state index in [0.29, 0.717) is 30.9 Å². The number of ether oxygens (including phenoxy) is 1. The largest absolute Gasteiger partial charge is 0.377 e. The lowest BCUT2D eigenvalue weighted by Gasteiger charge is -2.34. The van der Waals surface area contributed by atoms with Gasteiger partial charge in [-0.25, -0.2) is 4.68 Å². The number of anilines is 1. The first kappa shape index (κ1) is 12.6. The molecule has 1 aliphatic heterocycles. The number of fused-ring (bicyclic) bond motifs is 1. The van der Waals surface area contributed by atoms with Crippen LogP contribution in [0.4, 0.5) is 5.82 Å². The minimum atomic E-state index is 0.221. The van der Waals surface area contributed by atoms with E-state index in [2.05, 4.69) is 32.1 Å². The van der Waals surface area contributed by atoms with Gasteiger partial charge in [0.05, 0.1) is 19.3 Å². The SMILES string of the molecule is CCn1nnc2c(N3CCOC[C@@H]3C)nc(Cl)nc21. The fourth-order valence-electron chi connectivity index (χ4n) is 2.27. The average molecular weight is 283 g/mol. The van der Waals surface area contributed by atoms with Gasteiger partial charge in [-0.15, -0.1) is 5.10 Å². The maximum Gasteiger partial charge on any atom is 0.226 e. The zero-order chi connectivity index (χ0) is 13.4. The molecular formula is C11H15ClN6O. The Hall–Kier alpha value is -1.47. The minimum absolute atomic E-state index is 0.221. The minimum Gasteiger partial charge on any atom is -0.377 e. The van der Waals surface area contributed by atoms with Crippen LogP contribution in [-0.4, -0.2) is 50.8 Å². The van der Waals surface area contributed by atoms with Crippen LogP contribution in [0.15, 0.2) is 0 Å². The van der Waals surface area contributed by atoms with E-state index in [1.165, 1.54) is 0 Å². The molecular weight excluding hydrogens is 268 g/mol. The van der Waals surface area contributed by atoms with Crippen molar-refractivity contribution in [2.45, 2.75) is 26.4 Å². The lowest BCUT2D eigenvalue weighted by atomic mass is 10.2. The van der Waals surface area contributed by atoms with Crippen molar-refractivity contribution < 1.29 is 4.74 Å². The van der Waals surface area contributed by atoms with Gasteiger partial charge in [0.2, 0.25) is 5.28 Å². The van der Waals surface area contributed by atoms with Gasteiger partial charge in [0, 0.05) is 13.1 Å². The van der Waals surface area contributed by atoms with Crippen molar-refractivity contribution in [1.82, 2.24) is 25.0 Å². The molecule has 1 saturated heterocycles. The topological polar surface area (TPSA) is 69.0 Å². The highest BCUT2D eigenvalue weighted by atomic mass is 35.5. The lowest BCUT2D eigenvalue weighted by Crippen LogP contribution is -2.44. The Morgan fingerprint density at radius 2 is 2.26 bits per heavy atom. The first-order chi connectivity index (χ1) is 9.20. The van der Waals surface area contributed by atoms with E-state index in [1.807, 2.05) is 6.92 Å². The summed E-state index contributed by atoms with van der Waals surface area (Å²) in [4.78, 5) is 10.7. The predicted molar refractivity (Wildman–Crippen MR) is 71.4 cm³/mol. The van der Waals surface area contributed by atoms with Crippen LogP contribution in [0, 0.1) is 0 Å². The number of morpholine rings is 1. The Labute approximate surface area is 115 Å². The van der Waals surface area contributed by atoms with Gasteiger partial charge in [0.25, 0.3) is 0 Å². The number of aryl methyl sites for hydroxylation is 1. The molecule has 1 fully saturated rings. The fraction of sp³-hybridized carbons (Fsp3) is 0.636. The molecule has 3 heterocycles. The molecule has 0 aromatic carbocycles. The van der Waals surface area contributed by atoms with Gasteiger partial charge in [-0.1, -0.05) is 5.21 Å². The molecule has 0 unspecified atom stereocenters. The molecule has 0 radical (unpaired) electrons. The molecule has 19 heavy (non-hydrogen) atoms. The second kappa shape index (κ2) is 4.90. The average Bonchev–Trinajstić information content (AvgIpc) is 2.81. The van der Waals surface area contributed by atoms with Gasteiger partial charge < -0.3 is 9.64 Å². The quantitative estimate of drug-likeness (QED) is 0.769. The van der Waals surface area contributed by atoms with E-state index >= 15 is 0 Å². The molecule has 0 spiro atoms. The highest BCUT2D eigenvalue weighted by Crippen LogP contribution is 2.26. The van der Waals surface area contributed by atoms with Crippen molar-refractivity contribution in [1.29, 1.82) is 0 Å². The van der Waals surface area contributed by atoms with E-state index in [0.717, 1.165) is 12.4 Å². The summed E-state index contributed by atoms with van der Waals surface area (Å²) in [6.45, 7) is 6.89. The Balaban J connectivity index is 2.14. The standard InChI is InChI=1S/C11H15ClN6O/c1-3-18-10-8(15-16-18)9(13-11(12)14-10)17-4-5-19-6-7(17)2/h7H,3-6H2,1-2H3/t7-/m0/s1. The molecule has 1 aliphatic rings. The van der Waals surface area contributed by atoms with Crippen molar-refractivity contribution in [3.05, 3.63) is 5.28 Å². The molecule has 0 aliphatic carbocycles. The van der Waals surface area contributed by atoms with Crippen LogP contribution in [0.2, 0.25) is 5.28 Å². The van der Waals surface area contributed by atoms with Crippen LogP contribution in [0.1, 0.15) is 13.8 Å². The fourth-order valence-corrected chi connectivity index (χ4v) is 2.43. The van der Waals surface area contributed by atoms with Gasteiger partial charge in [0.15, 0.2) is 17.0 Å². The van der Waals surface area contributed by atoms with Gasteiger partial charge >= 0.3 is 0 Å². The van der Waals surface area contributed by atoms with Gasteiger partial charge in [-0.3, -0.25) is 0 Å². The Morgan fingerprint density at radius 3 is 3.00 bits per heavy atom. The smallest absolute Gasteiger partial charge is 0.226 e. The number of aromatic nitrogens is 5. The zero-order valence-electron chi connectivity index (χ0n) is 10.9. The van der Waals surface area contributed by atoms with Crippen LogP contribution in [0.5, 0.6) is 0 Å². The molecule has 0 saturated carbocycles. The first-order valence-electron chi connectivity index (χ1n) is 6.31. The van der Waals surface area contributed by atoms with Crippen molar-refractivity contribution in [2.75, 3.05) is 24.7 Å². The van der Waals surface area contributed by atoms with Gasteiger partial charge in [0.1, 0.15) is 0 Å². The number of rotatable bonds is 2. The van der Waals surface area contributed by atoms with Crippen molar-refractivity contribution >= 4 is 28.6 Å². The third kappa shape index (κ3) is 2.12. The molecule has 1 atom stereocenters. The molecule has 0 amide bonds. The molecule has 3 rings (SSSR count). The van der Waals surface area contributed by atoms with Gasteiger partial charge in [-0.2, -0.15) is 9.97 Å². The number of halogens is 1.